The number of amides is 2. The normalized spacial score (nSPS) is 16.0. The van der Waals surface area contributed by atoms with Gasteiger partial charge in [0.1, 0.15) is 5.82 Å². The van der Waals surface area contributed by atoms with Gasteiger partial charge in [0.15, 0.2) is 0 Å². The first-order valence-corrected chi connectivity index (χ1v) is 7.58. The maximum Gasteiger partial charge on any atom is 0.254 e. The van der Waals surface area contributed by atoms with E-state index in [2.05, 4.69) is 0 Å². The molecule has 4 nitrogen and oxygen atoms in total. The van der Waals surface area contributed by atoms with Gasteiger partial charge in [0, 0.05) is 37.3 Å². The Morgan fingerprint density at radius 3 is 2.13 bits per heavy atom. The van der Waals surface area contributed by atoms with Crippen LogP contribution in [0.15, 0.2) is 42.5 Å². The van der Waals surface area contributed by atoms with Gasteiger partial charge in [0.05, 0.1) is 0 Å². The van der Waals surface area contributed by atoms with Gasteiger partial charge >= 0.3 is 0 Å². The number of benzene rings is 2. The third kappa shape index (κ3) is 2.29. The lowest BCUT2D eigenvalue weighted by atomic mass is 10.1. The van der Waals surface area contributed by atoms with Crippen LogP contribution in [0.3, 0.4) is 0 Å². The third-order valence-corrected chi connectivity index (χ3v) is 4.49. The van der Waals surface area contributed by atoms with Crippen molar-refractivity contribution in [2.24, 2.45) is 0 Å². The fourth-order valence-corrected chi connectivity index (χ4v) is 3.25. The van der Waals surface area contributed by atoms with Crippen LogP contribution < -0.4 is 0 Å². The molecule has 5 heteroatoms. The van der Waals surface area contributed by atoms with Crippen molar-refractivity contribution in [3.05, 3.63) is 70.5 Å². The molecule has 2 amide bonds. The van der Waals surface area contributed by atoms with E-state index in [0.717, 1.165) is 16.7 Å². The van der Waals surface area contributed by atoms with E-state index in [0.29, 0.717) is 31.7 Å². The Labute approximate surface area is 133 Å². The first kappa shape index (κ1) is 13.9. The molecule has 0 bridgehead atoms. The fourth-order valence-electron chi connectivity index (χ4n) is 3.25. The zero-order valence-electron chi connectivity index (χ0n) is 12.5. The molecule has 2 heterocycles. The highest BCUT2D eigenvalue weighted by Gasteiger charge is 2.30. The number of carbonyl (C=O) groups excluding carboxylic acids is 2. The number of carbonyl (C=O) groups is 2. The second-order valence-corrected chi connectivity index (χ2v) is 5.91. The van der Waals surface area contributed by atoms with E-state index in [1.807, 2.05) is 24.3 Å². The van der Waals surface area contributed by atoms with Crippen LogP contribution in [0.25, 0.3) is 0 Å². The molecule has 23 heavy (non-hydrogen) atoms. The molecule has 4 rings (SSSR count). The van der Waals surface area contributed by atoms with Crippen LogP contribution in [0, 0.1) is 5.82 Å². The highest BCUT2D eigenvalue weighted by atomic mass is 19.1. The molecule has 0 fully saturated rings. The fraction of sp³-hybridized carbons (Fsp3) is 0.222. The van der Waals surface area contributed by atoms with E-state index in [1.165, 1.54) is 12.1 Å². The van der Waals surface area contributed by atoms with Crippen molar-refractivity contribution in [3.8, 4) is 0 Å². The molecule has 0 aromatic heterocycles. The maximum absolute atomic E-state index is 13.3. The number of nitrogens with zero attached hydrogens (tertiary/aromatic N) is 2. The molecule has 0 saturated heterocycles. The Balaban J connectivity index is 1.44. The number of hydrogen-bond acceptors (Lipinski definition) is 2. The maximum atomic E-state index is 13.3. The summed E-state index contributed by atoms with van der Waals surface area (Å²) < 4.78 is 13.3. The minimum absolute atomic E-state index is 0.0100. The molecule has 0 saturated carbocycles. The van der Waals surface area contributed by atoms with Crippen LogP contribution >= 0.6 is 0 Å². The van der Waals surface area contributed by atoms with Crippen LogP contribution in [0.5, 0.6) is 0 Å². The summed E-state index contributed by atoms with van der Waals surface area (Å²) in [5, 5.41) is 0. The van der Waals surface area contributed by atoms with Gasteiger partial charge < -0.3 is 9.80 Å². The molecular weight excluding hydrogens is 295 g/mol. The standard InChI is InChI=1S/C18H15FN2O2/c19-14-6-5-13-11-21(18(23)16(13)9-14)8-7-20-10-12-3-1-2-4-15(12)17(20)22/h1-6,9H,7-8,10-11H2. The van der Waals surface area contributed by atoms with Gasteiger partial charge in [-0.3, -0.25) is 9.59 Å². The van der Waals surface area contributed by atoms with Crippen LogP contribution in [0.2, 0.25) is 0 Å². The monoisotopic (exact) mass is 310 g/mol. The largest absolute Gasteiger partial charge is 0.333 e. The highest BCUT2D eigenvalue weighted by molar-refractivity contribution is 5.99. The van der Waals surface area contributed by atoms with Crippen LogP contribution in [0.1, 0.15) is 31.8 Å². The number of rotatable bonds is 3. The Hall–Kier alpha value is -2.69. The Kier molecular flexibility index (Phi) is 3.15. The predicted octanol–water partition coefficient (Wildman–Crippen LogP) is 2.44. The van der Waals surface area contributed by atoms with Crippen molar-refractivity contribution >= 4 is 11.8 Å². The lowest BCUT2D eigenvalue weighted by molar-refractivity contribution is 0.0688. The summed E-state index contributed by atoms with van der Waals surface area (Å²) in [5.74, 6) is -0.552. The molecule has 2 aliphatic heterocycles. The highest BCUT2D eigenvalue weighted by Crippen LogP contribution is 2.25. The lowest BCUT2D eigenvalue weighted by Crippen LogP contribution is -2.35. The van der Waals surface area contributed by atoms with Gasteiger partial charge in [-0.05, 0) is 29.3 Å². The minimum atomic E-state index is -0.399. The van der Waals surface area contributed by atoms with Gasteiger partial charge in [-0.25, -0.2) is 4.39 Å². The second kappa shape index (κ2) is 5.19. The first-order valence-electron chi connectivity index (χ1n) is 7.58. The summed E-state index contributed by atoms with van der Waals surface area (Å²) in [7, 11) is 0. The van der Waals surface area contributed by atoms with Crippen molar-refractivity contribution < 1.29 is 14.0 Å². The molecule has 2 aliphatic rings. The summed E-state index contributed by atoms with van der Waals surface area (Å²) in [4.78, 5) is 28.0. The van der Waals surface area contributed by atoms with Crippen molar-refractivity contribution in [3.63, 3.8) is 0 Å². The summed E-state index contributed by atoms with van der Waals surface area (Å²) in [5.41, 5.74) is 3.04. The molecule has 0 spiro atoms. The quantitative estimate of drug-likeness (QED) is 0.873. The van der Waals surface area contributed by atoms with Crippen molar-refractivity contribution in [2.75, 3.05) is 13.1 Å². The SMILES string of the molecule is O=C1c2ccccc2CN1CCN1Cc2ccc(F)cc2C1=O. The Bertz CT molecular complexity index is 818. The van der Waals surface area contributed by atoms with Gasteiger partial charge in [-0.2, -0.15) is 0 Å². The number of halogens is 1. The van der Waals surface area contributed by atoms with E-state index in [9.17, 15) is 14.0 Å². The van der Waals surface area contributed by atoms with Crippen molar-refractivity contribution in [1.82, 2.24) is 9.80 Å². The Morgan fingerprint density at radius 1 is 0.826 bits per heavy atom. The van der Waals surface area contributed by atoms with Gasteiger partial charge in [0.2, 0.25) is 0 Å². The molecule has 0 unspecified atom stereocenters. The molecule has 0 aliphatic carbocycles. The summed E-state index contributed by atoms with van der Waals surface area (Å²) in [6.45, 7) is 1.99. The molecule has 2 aromatic carbocycles. The first-order chi connectivity index (χ1) is 11.1. The van der Waals surface area contributed by atoms with Gasteiger partial charge in [-0.15, -0.1) is 0 Å². The van der Waals surface area contributed by atoms with Gasteiger partial charge in [0.25, 0.3) is 11.8 Å². The zero-order valence-corrected chi connectivity index (χ0v) is 12.5. The summed E-state index contributed by atoms with van der Waals surface area (Å²) in [6.07, 6.45) is 0. The lowest BCUT2D eigenvalue weighted by Gasteiger charge is -2.21. The zero-order chi connectivity index (χ0) is 16.0. The van der Waals surface area contributed by atoms with Crippen LogP contribution in [-0.4, -0.2) is 34.7 Å². The average Bonchev–Trinajstić information content (AvgIpc) is 3.04. The second-order valence-electron chi connectivity index (χ2n) is 5.91. The third-order valence-electron chi connectivity index (χ3n) is 4.49. The molecule has 0 atom stereocenters. The Morgan fingerprint density at radius 2 is 1.43 bits per heavy atom. The van der Waals surface area contributed by atoms with Crippen LogP contribution in [-0.2, 0) is 13.1 Å². The summed E-state index contributed by atoms with van der Waals surface area (Å²) >= 11 is 0. The predicted molar refractivity (Wildman–Crippen MR) is 82.3 cm³/mol. The number of hydrogen-bond donors (Lipinski definition) is 0. The van der Waals surface area contributed by atoms with Crippen molar-refractivity contribution in [2.45, 2.75) is 13.1 Å². The van der Waals surface area contributed by atoms with E-state index >= 15 is 0 Å². The smallest absolute Gasteiger partial charge is 0.254 e. The number of fused-ring (bicyclic) bond motifs is 2. The van der Waals surface area contributed by atoms with E-state index in [1.54, 1.807) is 15.9 Å². The summed E-state index contributed by atoms with van der Waals surface area (Å²) in [6, 6.07) is 11.9. The van der Waals surface area contributed by atoms with Crippen LogP contribution in [0.4, 0.5) is 4.39 Å². The van der Waals surface area contributed by atoms with Crippen molar-refractivity contribution in [1.29, 1.82) is 0 Å². The molecule has 116 valence electrons. The van der Waals surface area contributed by atoms with Gasteiger partial charge in [-0.1, -0.05) is 24.3 Å². The molecule has 0 radical (unpaired) electrons. The minimum Gasteiger partial charge on any atom is -0.333 e. The van der Waals surface area contributed by atoms with E-state index in [4.69, 9.17) is 0 Å². The molecule has 2 aromatic rings. The molecule has 0 N–H and O–H groups in total. The topological polar surface area (TPSA) is 40.6 Å². The van der Waals surface area contributed by atoms with E-state index < -0.39 is 5.82 Å². The average molecular weight is 310 g/mol. The van der Waals surface area contributed by atoms with E-state index in [-0.39, 0.29) is 11.8 Å². The molecular formula is C18H15FN2O2.